The molecule has 0 fully saturated rings. The molecule has 0 spiro atoms. The molecule has 0 bridgehead atoms. The second-order valence-corrected chi connectivity index (χ2v) is 7.30. The van der Waals surface area contributed by atoms with Crippen LogP contribution in [0.3, 0.4) is 0 Å². The van der Waals surface area contributed by atoms with E-state index in [1.54, 1.807) is 0 Å². The maximum absolute atomic E-state index is 11.9. The SMILES string of the molecule is [2H]CC/C=C\C/C=C\C/C=C\CCCCCCCC(=O)O[C@@H]([C@H](O)[C@H](O)CO)[C@@H](O)C=O. The number of aliphatic hydroxyl groups is 4. The first-order chi connectivity index (χ1) is 15.5. The molecule has 0 aromatic rings. The molecular formula is C24H40O7. The zero-order chi connectivity index (χ0) is 24.0. The van der Waals surface area contributed by atoms with Crippen molar-refractivity contribution in [2.45, 2.75) is 95.5 Å². The lowest BCUT2D eigenvalue weighted by Crippen LogP contribution is -2.48. The zero-order valence-corrected chi connectivity index (χ0v) is 18.3. The monoisotopic (exact) mass is 441 g/mol. The first kappa shape index (κ1) is 27.2. The van der Waals surface area contributed by atoms with Crippen LogP contribution in [0.25, 0.3) is 0 Å². The van der Waals surface area contributed by atoms with Crippen LogP contribution in [-0.4, -0.2) is 63.7 Å². The Morgan fingerprint density at radius 1 is 0.935 bits per heavy atom. The van der Waals surface area contributed by atoms with Crippen molar-refractivity contribution in [1.82, 2.24) is 0 Å². The number of unbranched alkanes of at least 4 members (excludes halogenated alkanes) is 5. The van der Waals surface area contributed by atoms with E-state index in [4.69, 9.17) is 11.2 Å². The van der Waals surface area contributed by atoms with Crippen molar-refractivity contribution < 1.29 is 36.1 Å². The number of allylic oxidation sites excluding steroid dienone is 6. The Hall–Kier alpha value is -1.80. The Balaban J connectivity index is 3.85. The number of carbonyl (C=O) groups is 2. The first-order valence-corrected chi connectivity index (χ1v) is 11.0. The maximum Gasteiger partial charge on any atom is 0.306 e. The molecule has 0 aliphatic carbocycles. The van der Waals surface area contributed by atoms with Gasteiger partial charge in [0.25, 0.3) is 0 Å². The van der Waals surface area contributed by atoms with Gasteiger partial charge in [-0.2, -0.15) is 0 Å². The second kappa shape index (κ2) is 20.1. The summed E-state index contributed by atoms with van der Waals surface area (Å²) in [6.07, 6.45) is 14.2. The van der Waals surface area contributed by atoms with Crippen molar-refractivity contribution in [3.8, 4) is 0 Å². The molecule has 0 saturated carbocycles. The molecule has 0 heterocycles. The van der Waals surface area contributed by atoms with E-state index in [9.17, 15) is 24.9 Å². The third-order valence-electron chi connectivity index (χ3n) is 4.62. The summed E-state index contributed by atoms with van der Waals surface area (Å²) in [5.41, 5.74) is 0. The largest absolute Gasteiger partial charge is 0.456 e. The Kier molecular flexibility index (Phi) is 17.7. The fourth-order valence-corrected chi connectivity index (χ4v) is 2.80. The number of ether oxygens (including phenoxy) is 1. The van der Waals surface area contributed by atoms with E-state index in [-0.39, 0.29) is 12.7 Å². The van der Waals surface area contributed by atoms with Crippen LogP contribution in [0.5, 0.6) is 0 Å². The van der Waals surface area contributed by atoms with E-state index in [2.05, 4.69) is 30.4 Å². The van der Waals surface area contributed by atoms with Crippen molar-refractivity contribution in [2.24, 2.45) is 0 Å². The number of aliphatic hydroxyl groups excluding tert-OH is 4. The molecule has 4 atom stereocenters. The normalized spacial score (nSPS) is 16.5. The Morgan fingerprint density at radius 3 is 2.19 bits per heavy atom. The molecule has 7 heteroatoms. The standard InChI is InChI=1S/C24H40O7/c1-2-3-4-5-6-7-8-9-10-11-12-13-14-15-16-17-22(29)31-24(21(28)19-26)23(30)20(27)18-25/h3-4,6-7,9-10,19-21,23-25,27-28,30H,2,5,8,11-18H2,1H3/b4-3-,7-6-,10-9-/t20-,21+,23-,24-/m1/s1/i1D. The van der Waals surface area contributed by atoms with Crippen molar-refractivity contribution in [2.75, 3.05) is 6.61 Å². The van der Waals surface area contributed by atoms with Crippen molar-refractivity contribution in [3.05, 3.63) is 36.5 Å². The average Bonchev–Trinajstić information content (AvgIpc) is 2.80. The molecule has 0 saturated heterocycles. The molecule has 0 aliphatic heterocycles. The minimum absolute atomic E-state index is 0.0779. The van der Waals surface area contributed by atoms with Crippen LogP contribution in [0, 0.1) is 0 Å². The van der Waals surface area contributed by atoms with Gasteiger partial charge in [0.15, 0.2) is 12.4 Å². The minimum atomic E-state index is -1.78. The molecule has 31 heavy (non-hydrogen) atoms. The maximum atomic E-state index is 11.9. The summed E-state index contributed by atoms with van der Waals surface area (Å²) >= 11 is 0. The van der Waals surface area contributed by atoms with E-state index in [1.807, 2.05) is 6.08 Å². The molecule has 0 aliphatic rings. The van der Waals surface area contributed by atoms with Crippen LogP contribution in [0.1, 0.15) is 72.5 Å². The zero-order valence-electron chi connectivity index (χ0n) is 19.3. The van der Waals surface area contributed by atoms with Crippen LogP contribution in [0.15, 0.2) is 36.5 Å². The molecule has 0 unspecified atom stereocenters. The minimum Gasteiger partial charge on any atom is -0.456 e. The smallest absolute Gasteiger partial charge is 0.306 e. The van der Waals surface area contributed by atoms with Gasteiger partial charge in [0.05, 0.1) is 6.61 Å². The highest BCUT2D eigenvalue weighted by atomic mass is 16.6. The van der Waals surface area contributed by atoms with E-state index in [0.29, 0.717) is 13.3 Å². The summed E-state index contributed by atoms with van der Waals surface area (Å²) in [4.78, 5) is 22.7. The molecule has 178 valence electrons. The number of hydrogen-bond acceptors (Lipinski definition) is 7. The van der Waals surface area contributed by atoms with Crippen LogP contribution >= 0.6 is 0 Å². The van der Waals surface area contributed by atoms with Gasteiger partial charge in [-0.3, -0.25) is 4.79 Å². The van der Waals surface area contributed by atoms with Gasteiger partial charge in [-0.05, 0) is 38.5 Å². The highest BCUT2D eigenvalue weighted by Crippen LogP contribution is 2.13. The Bertz CT molecular complexity index is 563. The van der Waals surface area contributed by atoms with E-state index in [1.165, 1.54) is 0 Å². The van der Waals surface area contributed by atoms with Gasteiger partial charge in [0.1, 0.15) is 18.3 Å². The van der Waals surface area contributed by atoms with Crippen molar-refractivity contribution >= 4 is 12.3 Å². The fourth-order valence-electron chi connectivity index (χ4n) is 2.80. The van der Waals surface area contributed by atoms with Gasteiger partial charge in [-0.25, -0.2) is 0 Å². The summed E-state index contributed by atoms with van der Waals surface area (Å²) in [7, 11) is 0. The summed E-state index contributed by atoms with van der Waals surface area (Å²) in [5, 5.41) is 37.7. The third-order valence-corrected chi connectivity index (χ3v) is 4.62. The van der Waals surface area contributed by atoms with Crippen LogP contribution in [0.2, 0.25) is 0 Å². The molecule has 0 rings (SSSR count). The number of aldehydes is 1. The van der Waals surface area contributed by atoms with Gasteiger partial charge in [-0.1, -0.05) is 62.6 Å². The van der Waals surface area contributed by atoms with Gasteiger partial charge in [0.2, 0.25) is 0 Å². The number of esters is 1. The highest BCUT2D eigenvalue weighted by Gasteiger charge is 2.34. The van der Waals surface area contributed by atoms with Crippen molar-refractivity contribution in [3.63, 3.8) is 0 Å². The topological polar surface area (TPSA) is 124 Å². The summed E-state index contributed by atoms with van der Waals surface area (Å²) < 4.78 is 12.0. The second-order valence-electron chi connectivity index (χ2n) is 7.30. The predicted octanol–water partition coefficient (Wildman–Crippen LogP) is 2.76. The fraction of sp³-hybridized carbons (Fsp3) is 0.667. The lowest BCUT2D eigenvalue weighted by Gasteiger charge is -2.27. The van der Waals surface area contributed by atoms with E-state index < -0.39 is 37.0 Å². The quantitative estimate of drug-likeness (QED) is 0.105. The van der Waals surface area contributed by atoms with Crippen LogP contribution in [-0.2, 0) is 14.3 Å². The summed E-state index contributed by atoms with van der Waals surface area (Å²) in [6, 6.07) is 0. The van der Waals surface area contributed by atoms with Crippen molar-refractivity contribution in [1.29, 1.82) is 0 Å². The van der Waals surface area contributed by atoms with Gasteiger partial charge in [0, 0.05) is 7.79 Å². The highest BCUT2D eigenvalue weighted by molar-refractivity contribution is 5.70. The van der Waals surface area contributed by atoms with E-state index in [0.717, 1.165) is 51.4 Å². The van der Waals surface area contributed by atoms with Crippen LogP contribution < -0.4 is 0 Å². The molecule has 0 amide bonds. The molecular weight excluding hydrogens is 400 g/mol. The molecule has 0 aromatic carbocycles. The first-order valence-electron chi connectivity index (χ1n) is 11.7. The number of hydrogen-bond donors (Lipinski definition) is 4. The van der Waals surface area contributed by atoms with E-state index >= 15 is 0 Å². The summed E-state index contributed by atoms with van der Waals surface area (Å²) in [6.45, 7) is -0.357. The van der Waals surface area contributed by atoms with Gasteiger partial charge in [-0.15, -0.1) is 0 Å². The number of rotatable bonds is 19. The van der Waals surface area contributed by atoms with Gasteiger partial charge >= 0.3 is 5.97 Å². The lowest BCUT2D eigenvalue weighted by molar-refractivity contribution is -0.174. The molecule has 7 nitrogen and oxygen atoms in total. The lowest BCUT2D eigenvalue weighted by atomic mass is 10.0. The average molecular weight is 442 g/mol. The molecule has 0 radical (unpaired) electrons. The predicted molar refractivity (Wildman–Crippen MR) is 120 cm³/mol. The number of carbonyl (C=O) groups excluding carboxylic acids is 2. The van der Waals surface area contributed by atoms with Crippen LogP contribution in [0.4, 0.5) is 0 Å². The Labute approximate surface area is 187 Å². The summed E-state index contributed by atoms with van der Waals surface area (Å²) in [5.74, 6) is -0.678. The molecule has 0 aromatic heterocycles. The molecule has 4 N–H and O–H groups in total. The van der Waals surface area contributed by atoms with Gasteiger partial charge < -0.3 is 30.0 Å². The third kappa shape index (κ3) is 15.6. The Morgan fingerprint density at radius 2 is 1.55 bits per heavy atom.